The highest BCUT2D eigenvalue weighted by Crippen LogP contribution is 1.99. The Balaban J connectivity index is 3.14. The molecule has 0 aromatic carbocycles. The van der Waals surface area contributed by atoms with Crippen molar-refractivity contribution in [3.63, 3.8) is 0 Å². The Morgan fingerprint density at radius 3 is 2.14 bits per heavy atom. The standard InChI is InChI=1S/C4H9ClO2/c1-3(7-2)4(5)6/h3-4,6H,1-2H3. The molecule has 0 bridgehead atoms. The van der Waals surface area contributed by atoms with Gasteiger partial charge in [0.25, 0.3) is 0 Å². The topological polar surface area (TPSA) is 29.5 Å². The van der Waals surface area contributed by atoms with Gasteiger partial charge in [-0.1, -0.05) is 11.6 Å². The van der Waals surface area contributed by atoms with E-state index in [4.69, 9.17) is 16.7 Å². The number of hydrogen-bond donors (Lipinski definition) is 1. The van der Waals surface area contributed by atoms with Gasteiger partial charge in [0, 0.05) is 7.11 Å². The van der Waals surface area contributed by atoms with E-state index >= 15 is 0 Å². The van der Waals surface area contributed by atoms with Crippen LogP contribution >= 0.6 is 11.6 Å². The summed E-state index contributed by atoms with van der Waals surface area (Å²) in [4.78, 5) is 0. The molecular weight excluding hydrogens is 115 g/mol. The van der Waals surface area contributed by atoms with Crippen molar-refractivity contribution in [3.05, 3.63) is 0 Å². The van der Waals surface area contributed by atoms with Gasteiger partial charge in [-0.05, 0) is 6.92 Å². The van der Waals surface area contributed by atoms with Crippen LogP contribution in [0, 0.1) is 0 Å². The van der Waals surface area contributed by atoms with Crippen LogP contribution in [0.2, 0.25) is 0 Å². The van der Waals surface area contributed by atoms with Crippen molar-refractivity contribution in [2.45, 2.75) is 18.6 Å². The summed E-state index contributed by atoms with van der Waals surface area (Å²) in [7, 11) is 1.50. The zero-order chi connectivity index (χ0) is 5.86. The lowest BCUT2D eigenvalue weighted by molar-refractivity contribution is 0.0411. The molecule has 0 rings (SSSR count). The zero-order valence-electron chi connectivity index (χ0n) is 4.39. The summed E-state index contributed by atoms with van der Waals surface area (Å²) in [5.74, 6) is 0. The van der Waals surface area contributed by atoms with Gasteiger partial charge in [-0.25, -0.2) is 0 Å². The van der Waals surface area contributed by atoms with Crippen molar-refractivity contribution in [1.29, 1.82) is 0 Å². The van der Waals surface area contributed by atoms with Crippen LogP contribution in [-0.4, -0.2) is 23.9 Å². The molecule has 0 aromatic heterocycles. The first-order chi connectivity index (χ1) is 3.18. The third-order valence-corrected chi connectivity index (χ3v) is 1.11. The summed E-state index contributed by atoms with van der Waals surface area (Å²) in [6, 6.07) is 0. The largest absolute Gasteiger partial charge is 0.378 e. The molecule has 7 heavy (non-hydrogen) atoms. The van der Waals surface area contributed by atoms with Gasteiger partial charge in [0.15, 0.2) is 5.56 Å². The molecule has 0 fully saturated rings. The summed E-state index contributed by atoms with van der Waals surface area (Å²) in [5.41, 5.74) is -0.884. The van der Waals surface area contributed by atoms with Crippen LogP contribution in [0.5, 0.6) is 0 Å². The fraction of sp³-hybridized carbons (Fsp3) is 1.00. The molecule has 0 aliphatic carbocycles. The number of halogens is 1. The number of aliphatic hydroxyl groups excluding tert-OH is 1. The summed E-state index contributed by atoms with van der Waals surface area (Å²) in [6.07, 6.45) is -0.276. The van der Waals surface area contributed by atoms with Crippen molar-refractivity contribution in [3.8, 4) is 0 Å². The van der Waals surface area contributed by atoms with Crippen LogP contribution in [0.25, 0.3) is 0 Å². The van der Waals surface area contributed by atoms with Gasteiger partial charge in [0.2, 0.25) is 0 Å². The molecule has 0 saturated carbocycles. The third kappa shape index (κ3) is 2.85. The highest BCUT2D eigenvalue weighted by atomic mass is 35.5. The van der Waals surface area contributed by atoms with E-state index in [-0.39, 0.29) is 6.10 Å². The molecule has 2 unspecified atom stereocenters. The maximum atomic E-state index is 8.46. The van der Waals surface area contributed by atoms with Crippen molar-refractivity contribution in [2.75, 3.05) is 7.11 Å². The normalized spacial score (nSPS) is 18.9. The SMILES string of the molecule is COC(C)C(O)Cl. The van der Waals surface area contributed by atoms with Crippen LogP contribution in [0.3, 0.4) is 0 Å². The van der Waals surface area contributed by atoms with E-state index in [2.05, 4.69) is 4.74 Å². The number of aliphatic hydroxyl groups is 1. The molecule has 0 heterocycles. The Hall–Kier alpha value is 0.210. The van der Waals surface area contributed by atoms with Gasteiger partial charge in [-0.15, -0.1) is 0 Å². The van der Waals surface area contributed by atoms with Gasteiger partial charge in [0.1, 0.15) is 0 Å². The number of methoxy groups -OCH3 is 1. The minimum Gasteiger partial charge on any atom is -0.378 e. The summed E-state index contributed by atoms with van der Waals surface area (Å²) < 4.78 is 4.63. The van der Waals surface area contributed by atoms with Gasteiger partial charge in [-0.2, -0.15) is 0 Å². The number of rotatable bonds is 2. The number of alkyl halides is 1. The highest BCUT2D eigenvalue weighted by Gasteiger charge is 2.06. The molecule has 0 spiro atoms. The Morgan fingerprint density at radius 2 is 2.14 bits per heavy atom. The maximum absolute atomic E-state index is 8.46. The molecule has 0 saturated heterocycles. The first-order valence-electron chi connectivity index (χ1n) is 2.03. The van der Waals surface area contributed by atoms with Crippen molar-refractivity contribution >= 4 is 11.6 Å². The lowest BCUT2D eigenvalue weighted by Gasteiger charge is -2.08. The summed E-state index contributed by atoms with van der Waals surface area (Å²) in [5, 5.41) is 8.46. The first kappa shape index (κ1) is 7.21. The predicted octanol–water partition coefficient (Wildman–Crippen LogP) is 0.579. The van der Waals surface area contributed by atoms with Gasteiger partial charge >= 0.3 is 0 Å². The average Bonchev–Trinajstić information content (AvgIpc) is 1.65. The van der Waals surface area contributed by atoms with Crippen molar-refractivity contribution in [2.24, 2.45) is 0 Å². The van der Waals surface area contributed by atoms with E-state index in [0.29, 0.717) is 0 Å². The molecule has 2 nitrogen and oxygen atoms in total. The van der Waals surface area contributed by atoms with Crippen LogP contribution in [0.15, 0.2) is 0 Å². The van der Waals surface area contributed by atoms with Gasteiger partial charge in [-0.3, -0.25) is 0 Å². The molecule has 0 aliphatic rings. The second kappa shape index (κ2) is 3.24. The second-order valence-electron chi connectivity index (χ2n) is 1.31. The van der Waals surface area contributed by atoms with E-state index in [1.165, 1.54) is 7.11 Å². The molecule has 44 valence electrons. The lowest BCUT2D eigenvalue weighted by Crippen LogP contribution is -2.18. The minimum atomic E-state index is -0.884. The Morgan fingerprint density at radius 1 is 1.71 bits per heavy atom. The van der Waals surface area contributed by atoms with Crippen LogP contribution in [-0.2, 0) is 4.74 Å². The fourth-order valence-corrected chi connectivity index (χ4v) is 0.215. The molecule has 0 amide bonds. The van der Waals surface area contributed by atoms with Crippen LogP contribution in [0.4, 0.5) is 0 Å². The summed E-state index contributed by atoms with van der Waals surface area (Å²) >= 11 is 5.16. The monoisotopic (exact) mass is 124 g/mol. The maximum Gasteiger partial charge on any atom is 0.153 e. The molecule has 0 radical (unpaired) electrons. The van der Waals surface area contributed by atoms with E-state index in [0.717, 1.165) is 0 Å². The Kier molecular flexibility index (Phi) is 3.34. The zero-order valence-corrected chi connectivity index (χ0v) is 5.14. The number of hydrogen-bond acceptors (Lipinski definition) is 2. The van der Waals surface area contributed by atoms with E-state index in [1.54, 1.807) is 6.92 Å². The molecule has 2 atom stereocenters. The quantitative estimate of drug-likeness (QED) is 0.546. The average molecular weight is 125 g/mol. The summed E-state index contributed by atoms with van der Waals surface area (Å²) in [6.45, 7) is 1.69. The fourth-order valence-electron chi connectivity index (χ4n) is 0.112. The third-order valence-electron chi connectivity index (χ3n) is 0.759. The highest BCUT2D eigenvalue weighted by molar-refractivity contribution is 6.19. The molecule has 0 aromatic rings. The van der Waals surface area contributed by atoms with E-state index in [1.807, 2.05) is 0 Å². The van der Waals surface area contributed by atoms with Crippen LogP contribution in [0.1, 0.15) is 6.92 Å². The van der Waals surface area contributed by atoms with Gasteiger partial charge in [0.05, 0.1) is 6.10 Å². The lowest BCUT2D eigenvalue weighted by atomic mass is 10.4. The van der Waals surface area contributed by atoms with Gasteiger partial charge < -0.3 is 9.84 Å². The first-order valence-corrected chi connectivity index (χ1v) is 2.47. The molecule has 1 N–H and O–H groups in total. The van der Waals surface area contributed by atoms with Crippen molar-refractivity contribution < 1.29 is 9.84 Å². The van der Waals surface area contributed by atoms with Crippen LogP contribution < -0.4 is 0 Å². The molecule has 3 heteroatoms. The van der Waals surface area contributed by atoms with E-state index < -0.39 is 5.56 Å². The number of ether oxygens (including phenoxy) is 1. The smallest absolute Gasteiger partial charge is 0.153 e. The second-order valence-corrected chi connectivity index (χ2v) is 1.76. The van der Waals surface area contributed by atoms with E-state index in [9.17, 15) is 0 Å². The molecular formula is C4H9ClO2. The minimum absolute atomic E-state index is 0.276. The predicted molar refractivity (Wildman–Crippen MR) is 28.3 cm³/mol. The Bertz CT molecular complexity index is 47.0. The Labute approximate surface area is 48.0 Å². The van der Waals surface area contributed by atoms with Crippen molar-refractivity contribution in [1.82, 2.24) is 0 Å². The molecule has 0 aliphatic heterocycles.